The topological polar surface area (TPSA) is 37.9 Å². The second-order valence-electron chi connectivity index (χ2n) is 6.06. The minimum absolute atomic E-state index is 0.622. The van der Waals surface area contributed by atoms with Crippen LogP contribution in [0, 0.1) is 0 Å². The van der Waals surface area contributed by atoms with Crippen LogP contribution in [0.25, 0.3) is 22.0 Å². The van der Waals surface area contributed by atoms with Gasteiger partial charge in [-0.1, -0.05) is 43.2 Å². The number of nitrogens with one attached hydrogen (secondary N) is 1. The molecule has 1 aliphatic carbocycles. The van der Waals surface area contributed by atoms with Gasteiger partial charge in [0.1, 0.15) is 5.75 Å². The molecule has 0 amide bonds. The van der Waals surface area contributed by atoms with E-state index in [1.54, 1.807) is 7.11 Å². The first kappa shape index (κ1) is 13.4. The minimum Gasteiger partial charge on any atom is -0.495 e. The number of aromatic nitrogens is 2. The van der Waals surface area contributed by atoms with Crippen molar-refractivity contribution in [3.63, 3.8) is 0 Å². The molecule has 0 atom stereocenters. The van der Waals surface area contributed by atoms with Gasteiger partial charge >= 0.3 is 0 Å². The number of hydrogen-bond acceptors (Lipinski definition) is 2. The van der Waals surface area contributed by atoms with Crippen LogP contribution in [-0.2, 0) is 0 Å². The van der Waals surface area contributed by atoms with Crippen LogP contribution in [-0.4, -0.2) is 17.3 Å². The Kier molecular flexibility index (Phi) is 3.34. The standard InChI is InChI=1S/C19H20N2O/c1-22-19-15-9-5-4-6-13(15)10-11-16(19)18-12-17(20-21-18)14-7-2-3-8-14/h4-6,9-12,14H,2-3,7-8H2,1H3,(H,20,21). The van der Waals surface area contributed by atoms with Crippen LogP contribution in [0.3, 0.4) is 0 Å². The Balaban J connectivity index is 1.80. The lowest BCUT2D eigenvalue weighted by Crippen LogP contribution is -1.91. The molecule has 0 radical (unpaired) electrons. The molecule has 0 aliphatic heterocycles. The Bertz CT molecular complexity index is 800. The third-order valence-corrected chi connectivity index (χ3v) is 4.75. The van der Waals surface area contributed by atoms with Crippen molar-refractivity contribution in [1.29, 1.82) is 0 Å². The number of rotatable bonds is 3. The lowest BCUT2D eigenvalue weighted by atomic mass is 10.0. The van der Waals surface area contributed by atoms with Crippen molar-refractivity contribution in [1.82, 2.24) is 10.2 Å². The molecule has 3 nitrogen and oxygen atoms in total. The smallest absolute Gasteiger partial charge is 0.136 e. The van der Waals surface area contributed by atoms with Gasteiger partial charge in [-0.05, 0) is 30.4 Å². The molecule has 1 N–H and O–H groups in total. The highest BCUT2D eigenvalue weighted by atomic mass is 16.5. The number of aromatic amines is 1. The summed E-state index contributed by atoms with van der Waals surface area (Å²) in [7, 11) is 1.74. The van der Waals surface area contributed by atoms with E-state index in [4.69, 9.17) is 4.74 Å². The number of H-pyrrole nitrogens is 1. The third kappa shape index (κ3) is 2.17. The Morgan fingerprint density at radius 3 is 2.73 bits per heavy atom. The lowest BCUT2D eigenvalue weighted by molar-refractivity contribution is 0.421. The van der Waals surface area contributed by atoms with Gasteiger partial charge in [0.25, 0.3) is 0 Å². The van der Waals surface area contributed by atoms with E-state index >= 15 is 0 Å². The summed E-state index contributed by atoms with van der Waals surface area (Å²) in [6.07, 6.45) is 5.18. The Hall–Kier alpha value is -2.29. The van der Waals surface area contributed by atoms with Crippen molar-refractivity contribution in [2.24, 2.45) is 0 Å². The molecule has 1 saturated carbocycles. The molecule has 4 rings (SSSR count). The van der Waals surface area contributed by atoms with E-state index in [9.17, 15) is 0 Å². The third-order valence-electron chi connectivity index (χ3n) is 4.75. The predicted molar refractivity (Wildman–Crippen MR) is 89.3 cm³/mol. The molecule has 1 fully saturated rings. The first-order valence-corrected chi connectivity index (χ1v) is 7.98. The summed E-state index contributed by atoms with van der Waals surface area (Å²) < 4.78 is 5.70. The molecule has 0 unspecified atom stereocenters. The maximum absolute atomic E-state index is 5.70. The molecule has 1 aromatic heterocycles. The van der Waals surface area contributed by atoms with Crippen LogP contribution in [0.5, 0.6) is 5.75 Å². The summed E-state index contributed by atoms with van der Waals surface area (Å²) in [6.45, 7) is 0. The zero-order valence-corrected chi connectivity index (χ0v) is 12.8. The van der Waals surface area contributed by atoms with E-state index in [2.05, 4.69) is 46.6 Å². The molecular formula is C19H20N2O. The molecule has 2 aromatic carbocycles. The van der Waals surface area contributed by atoms with E-state index in [1.165, 1.54) is 36.8 Å². The molecular weight excluding hydrogens is 272 g/mol. The fourth-order valence-corrected chi connectivity index (χ4v) is 3.58. The lowest BCUT2D eigenvalue weighted by Gasteiger charge is -2.10. The maximum atomic E-state index is 5.70. The average molecular weight is 292 g/mol. The number of hydrogen-bond donors (Lipinski definition) is 1. The van der Waals surface area contributed by atoms with Crippen molar-refractivity contribution >= 4 is 10.8 Å². The molecule has 0 bridgehead atoms. The van der Waals surface area contributed by atoms with Crippen LogP contribution in [0.2, 0.25) is 0 Å². The van der Waals surface area contributed by atoms with Crippen LogP contribution in [0.4, 0.5) is 0 Å². The molecule has 112 valence electrons. The molecule has 3 aromatic rings. The number of ether oxygens (including phenoxy) is 1. The first-order chi connectivity index (χ1) is 10.9. The summed E-state index contributed by atoms with van der Waals surface area (Å²) >= 11 is 0. The summed E-state index contributed by atoms with van der Waals surface area (Å²) in [4.78, 5) is 0. The van der Waals surface area contributed by atoms with Gasteiger partial charge in [0.2, 0.25) is 0 Å². The Morgan fingerprint density at radius 2 is 1.91 bits per heavy atom. The predicted octanol–water partition coefficient (Wildman–Crippen LogP) is 4.90. The molecule has 0 spiro atoms. The van der Waals surface area contributed by atoms with Gasteiger partial charge in [0, 0.05) is 16.9 Å². The second kappa shape index (κ2) is 5.48. The first-order valence-electron chi connectivity index (χ1n) is 7.98. The van der Waals surface area contributed by atoms with Gasteiger partial charge in [0.05, 0.1) is 18.5 Å². The van der Waals surface area contributed by atoms with E-state index in [0.29, 0.717) is 5.92 Å². The fourth-order valence-electron chi connectivity index (χ4n) is 3.58. The highest BCUT2D eigenvalue weighted by Gasteiger charge is 2.21. The minimum atomic E-state index is 0.622. The highest BCUT2D eigenvalue weighted by Crippen LogP contribution is 2.38. The number of benzene rings is 2. The zero-order valence-electron chi connectivity index (χ0n) is 12.8. The average Bonchev–Trinajstić information content (AvgIpc) is 3.24. The number of fused-ring (bicyclic) bond motifs is 1. The van der Waals surface area contributed by atoms with E-state index in [0.717, 1.165) is 22.4 Å². The van der Waals surface area contributed by atoms with E-state index in [-0.39, 0.29) is 0 Å². The van der Waals surface area contributed by atoms with Gasteiger partial charge in [-0.25, -0.2) is 0 Å². The van der Waals surface area contributed by atoms with Crippen molar-refractivity contribution in [3.8, 4) is 17.0 Å². The largest absolute Gasteiger partial charge is 0.495 e. The van der Waals surface area contributed by atoms with Gasteiger partial charge in [-0.3, -0.25) is 5.10 Å². The molecule has 1 heterocycles. The van der Waals surface area contributed by atoms with Gasteiger partial charge < -0.3 is 4.74 Å². The Morgan fingerprint density at radius 1 is 1.09 bits per heavy atom. The summed E-state index contributed by atoms with van der Waals surface area (Å²) in [5, 5.41) is 10.1. The maximum Gasteiger partial charge on any atom is 0.136 e. The quantitative estimate of drug-likeness (QED) is 0.746. The zero-order chi connectivity index (χ0) is 14.9. The SMILES string of the molecule is COc1c(-c2cc(C3CCCC3)n[nH]2)ccc2ccccc12. The molecule has 0 saturated heterocycles. The van der Waals surface area contributed by atoms with Crippen LogP contribution in [0.1, 0.15) is 37.3 Å². The second-order valence-corrected chi connectivity index (χ2v) is 6.06. The molecule has 22 heavy (non-hydrogen) atoms. The number of nitrogens with zero attached hydrogens (tertiary/aromatic N) is 1. The fraction of sp³-hybridized carbons (Fsp3) is 0.316. The van der Waals surface area contributed by atoms with Crippen molar-refractivity contribution < 1.29 is 4.74 Å². The van der Waals surface area contributed by atoms with Gasteiger partial charge in [-0.2, -0.15) is 5.10 Å². The van der Waals surface area contributed by atoms with Crippen LogP contribution < -0.4 is 4.74 Å². The van der Waals surface area contributed by atoms with Crippen molar-refractivity contribution in [2.75, 3.05) is 7.11 Å². The van der Waals surface area contributed by atoms with Crippen molar-refractivity contribution in [2.45, 2.75) is 31.6 Å². The summed E-state index contributed by atoms with van der Waals surface area (Å²) in [5.41, 5.74) is 3.32. The Labute approximate surface area is 130 Å². The molecule has 3 heteroatoms. The summed E-state index contributed by atoms with van der Waals surface area (Å²) in [6, 6.07) is 14.8. The van der Waals surface area contributed by atoms with Gasteiger partial charge in [-0.15, -0.1) is 0 Å². The van der Waals surface area contributed by atoms with E-state index < -0.39 is 0 Å². The van der Waals surface area contributed by atoms with Crippen LogP contribution in [0.15, 0.2) is 42.5 Å². The normalized spacial score (nSPS) is 15.5. The van der Waals surface area contributed by atoms with E-state index in [1.807, 2.05) is 6.07 Å². The number of methoxy groups -OCH3 is 1. The highest BCUT2D eigenvalue weighted by molar-refractivity contribution is 5.94. The summed E-state index contributed by atoms with van der Waals surface area (Å²) in [5.74, 6) is 1.54. The van der Waals surface area contributed by atoms with Gasteiger partial charge in [0.15, 0.2) is 0 Å². The monoisotopic (exact) mass is 292 g/mol. The van der Waals surface area contributed by atoms with Crippen LogP contribution >= 0.6 is 0 Å². The van der Waals surface area contributed by atoms with Crippen molar-refractivity contribution in [3.05, 3.63) is 48.2 Å². The molecule has 1 aliphatic rings.